The zero-order valence-corrected chi connectivity index (χ0v) is 5.79. The van der Waals surface area contributed by atoms with E-state index in [9.17, 15) is 4.79 Å². The number of benzene rings is 1. The van der Waals surface area contributed by atoms with E-state index in [0.717, 1.165) is 11.8 Å². The lowest BCUT2D eigenvalue weighted by atomic mass is 9.93. The van der Waals surface area contributed by atoms with E-state index in [0.29, 0.717) is 11.0 Å². The lowest BCUT2D eigenvalue weighted by Crippen LogP contribution is -2.03. The Labute approximate surface area is 61.5 Å². The van der Waals surface area contributed by atoms with Crippen LogP contribution in [0.4, 0.5) is 0 Å². The summed E-state index contributed by atoms with van der Waals surface area (Å²) in [6.45, 7) is 1.91. The van der Waals surface area contributed by atoms with Gasteiger partial charge in [-0.25, -0.2) is 0 Å². The van der Waals surface area contributed by atoms with Gasteiger partial charge in [-0.2, -0.15) is 0 Å². The van der Waals surface area contributed by atoms with E-state index in [1.54, 1.807) is 12.1 Å². The highest BCUT2D eigenvalue weighted by Gasteiger charge is 1.91. The van der Waals surface area contributed by atoms with Crippen LogP contribution in [0.15, 0.2) is 18.2 Å². The van der Waals surface area contributed by atoms with Crippen molar-refractivity contribution in [2.24, 2.45) is 0 Å². The molecular weight excluding hydrogens is 123 g/mol. The molecule has 0 heterocycles. The molecule has 1 aromatic rings. The first-order valence-electron chi connectivity index (χ1n) is 3.05. The third-order valence-corrected chi connectivity index (χ3v) is 1.26. The predicted octanol–water partition coefficient (Wildman–Crippen LogP) is 0.601. The highest BCUT2D eigenvalue weighted by molar-refractivity contribution is 6.32. The molecule has 0 saturated heterocycles. The first kappa shape index (κ1) is 7.07. The molecule has 48 valence electrons. The van der Waals surface area contributed by atoms with Crippen molar-refractivity contribution in [2.45, 2.75) is 6.92 Å². The van der Waals surface area contributed by atoms with Crippen LogP contribution in [0.2, 0.25) is 0 Å². The van der Waals surface area contributed by atoms with Gasteiger partial charge in [0.2, 0.25) is 0 Å². The molecule has 0 atom stereocenters. The summed E-state index contributed by atoms with van der Waals surface area (Å²) < 4.78 is 0. The Morgan fingerprint density at radius 3 is 2.60 bits per heavy atom. The Hall–Kier alpha value is -1.05. The van der Waals surface area contributed by atoms with Crippen LogP contribution < -0.4 is 5.46 Å². The standard InChI is InChI=1S/C8H7BO/c1-6-2-7(5-10)4-8(9)3-6/h2-5H,1H3. The molecule has 0 amide bonds. The number of carbonyl (C=O) groups is 1. The molecule has 0 spiro atoms. The van der Waals surface area contributed by atoms with Crippen LogP contribution in [-0.4, -0.2) is 14.1 Å². The number of rotatable bonds is 1. The average Bonchev–Trinajstić information content (AvgIpc) is 1.85. The predicted molar refractivity (Wildman–Crippen MR) is 42.0 cm³/mol. The lowest BCUT2D eigenvalue weighted by Gasteiger charge is -1.96. The molecule has 1 aromatic carbocycles. The Morgan fingerprint density at radius 1 is 1.40 bits per heavy atom. The molecule has 1 nitrogen and oxygen atoms in total. The molecule has 0 N–H and O–H groups in total. The van der Waals surface area contributed by atoms with E-state index in [2.05, 4.69) is 0 Å². The van der Waals surface area contributed by atoms with Gasteiger partial charge in [0.25, 0.3) is 0 Å². The summed E-state index contributed by atoms with van der Waals surface area (Å²) in [5, 5.41) is 0. The van der Waals surface area contributed by atoms with E-state index in [1.165, 1.54) is 0 Å². The van der Waals surface area contributed by atoms with E-state index in [-0.39, 0.29) is 0 Å². The molecule has 2 heteroatoms. The molecule has 0 unspecified atom stereocenters. The van der Waals surface area contributed by atoms with Gasteiger partial charge in [-0.3, -0.25) is 4.79 Å². The molecule has 0 saturated carbocycles. The molecule has 10 heavy (non-hydrogen) atoms. The summed E-state index contributed by atoms with van der Waals surface area (Å²) in [6, 6.07) is 5.27. The Morgan fingerprint density at radius 2 is 2.10 bits per heavy atom. The monoisotopic (exact) mass is 130 g/mol. The van der Waals surface area contributed by atoms with Gasteiger partial charge in [-0.15, -0.1) is 0 Å². The minimum Gasteiger partial charge on any atom is -0.298 e. The van der Waals surface area contributed by atoms with Crippen molar-refractivity contribution in [2.75, 3.05) is 0 Å². The van der Waals surface area contributed by atoms with Crippen molar-refractivity contribution in [1.29, 1.82) is 0 Å². The summed E-state index contributed by atoms with van der Waals surface area (Å²) in [7, 11) is 5.48. The Kier molecular flexibility index (Phi) is 1.90. The fourth-order valence-electron chi connectivity index (χ4n) is 0.911. The molecule has 2 radical (unpaired) electrons. The van der Waals surface area contributed by atoms with Crippen molar-refractivity contribution in [3.63, 3.8) is 0 Å². The third kappa shape index (κ3) is 1.47. The average molecular weight is 130 g/mol. The maximum Gasteiger partial charge on any atom is 0.150 e. The van der Waals surface area contributed by atoms with Gasteiger partial charge in [0.15, 0.2) is 0 Å². The summed E-state index contributed by atoms with van der Waals surface area (Å²) in [5.41, 5.74) is 2.29. The Bertz CT molecular complexity index is 235. The first-order valence-corrected chi connectivity index (χ1v) is 3.05. The van der Waals surface area contributed by atoms with Gasteiger partial charge in [0.1, 0.15) is 14.1 Å². The molecule has 0 aliphatic heterocycles. The summed E-state index contributed by atoms with van der Waals surface area (Å²) in [5.74, 6) is 0. The molecule has 0 fully saturated rings. The van der Waals surface area contributed by atoms with Crippen LogP contribution in [0.3, 0.4) is 0 Å². The van der Waals surface area contributed by atoms with Gasteiger partial charge in [0, 0.05) is 5.56 Å². The van der Waals surface area contributed by atoms with Crippen LogP contribution in [0.25, 0.3) is 0 Å². The number of aryl methyl sites for hydroxylation is 1. The summed E-state index contributed by atoms with van der Waals surface area (Å²) in [6.07, 6.45) is 0.795. The number of aldehydes is 1. The molecule has 0 aliphatic carbocycles. The quantitative estimate of drug-likeness (QED) is 0.401. The van der Waals surface area contributed by atoms with Crippen LogP contribution in [0, 0.1) is 6.92 Å². The van der Waals surface area contributed by atoms with Crippen LogP contribution in [0.1, 0.15) is 15.9 Å². The summed E-state index contributed by atoms with van der Waals surface area (Å²) in [4.78, 5) is 10.3. The molecule has 0 aromatic heterocycles. The van der Waals surface area contributed by atoms with E-state index in [4.69, 9.17) is 7.85 Å². The maximum atomic E-state index is 10.3. The van der Waals surface area contributed by atoms with Crippen molar-refractivity contribution < 1.29 is 4.79 Å². The topological polar surface area (TPSA) is 17.1 Å². The lowest BCUT2D eigenvalue weighted by molar-refractivity contribution is 0.112. The minimum atomic E-state index is 0.637. The SMILES string of the molecule is [B]c1cc(C)cc(C=O)c1. The van der Waals surface area contributed by atoms with Gasteiger partial charge in [-0.05, 0) is 13.0 Å². The molecular formula is C8H7BO. The normalized spacial score (nSPS) is 9.30. The molecule has 0 aliphatic rings. The second kappa shape index (κ2) is 2.69. The second-order valence-corrected chi connectivity index (χ2v) is 2.29. The molecule has 0 bridgehead atoms. The third-order valence-electron chi connectivity index (χ3n) is 1.26. The second-order valence-electron chi connectivity index (χ2n) is 2.29. The van der Waals surface area contributed by atoms with Crippen LogP contribution in [0.5, 0.6) is 0 Å². The fraction of sp³-hybridized carbons (Fsp3) is 0.125. The smallest absolute Gasteiger partial charge is 0.150 e. The largest absolute Gasteiger partial charge is 0.298 e. The van der Waals surface area contributed by atoms with E-state index < -0.39 is 0 Å². The van der Waals surface area contributed by atoms with Crippen molar-refractivity contribution in [3.05, 3.63) is 29.3 Å². The zero-order chi connectivity index (χ0) is 7.56. The Balaban J connectivity index is 3.18. The number of hydrogen-bond acceptors (Lipinski definition) is 1. The summed E-state index contributed by atoms with van der Waals surface area (Å²) >= 11 is 0. The van der Waals surface area contributed by atoms with E-state index >= 15 is 0 Å². The minimum absolute atomic E-state index is 0.637. The number of hydrogen-bond donors (Lipinski definition) is 0. The van der Waals surface area contributed by atoms with Gasteiger partial charge in [-0.1, -0.05) is 23.2 Å². The number of carbonyl (C=O) groups excluding carboxylic acids is 1. The molecule has 1 rings (SSSR count). The van der Waals surface area contributed by atoms with Crippen LogP contribution >= 0.6 is 0 Å². The zero-order valence-electron chi connectivity index (χ0n) is 5.79. The van der Waals surface area contributed by atoms with Gasteiger partial charge in [0.05, 0.1) is 0 Å². The van der Waals surface area contributed by atoms with E-state index in [1.807, 2.05) is 13.0 Å². The highest BCUT2D eigenvalue weighted by Crippen LogP contribution is 1.97. The van der Waals surface area contributed by atoms with Crippen molar-refractivity contribution >= 4 is 19.6 Å². The maximum absolute atomic E-state index is 10.3. The first-order chi connectivity index (χ1) is 4.72. The van der Waals surface area contributed by atoms with Gasteiger partial charge >= 0.3 is 0 Å². The van der Waals surface area contributed by atoms with Crippen molar-refractivity contribution in [3.8, 4) is 0 Å². The fourth-order valence-corrected chi connectivity index (χ4v) is 0.911. The van der Waals surface area contributed by atoms with Crippen LogP contribution in [-0.2, 0) is 0 Å². The van der Waals surface area contributed by atoms with Gasteiger partial charge < -0.3 is 0 Å². The van der Waals surface area contributed by atoms with Crippen molar-refractivity contribution in [1.82, 2.24) is 0 Å². The highest BCUT2D eigenvalue weighted by atomic mass is 16.1.